The minimum absolute atomic E-state index is 0.0117. The number of hydrogen-bond acceptors (Lipinski definition) is 4. The van der Waals surface area contributed by atoms with Gasteiger partial charge >= 0.3 is 0 Å². The number of nitrogens with zero attached hydrogens (tertiary/aromatic N) is 3. The van der Waals surface area contributed by atoms with Crippen LogP contribution in [0.2, 0.25) is 0 Å². The van der Waals surface area contributed by atoms with Gasteiger partial charge in [0.05, 0.1) is 12.7 Å². The second-order valence-corrected chi connectivity index (χ2v) is 7.19. The molecule has 0 N–H and O–H groups in total. The van der Waals surface area contributed by atoms with Crippen molar-refractivity contribution in [1.29, 1.82) is 0 Å². The summed E-state index contributed by atoms with van der Waals surface area (Å²) in [4.78, 5) is 21.5. The van der Waals surface area contributed by atoms with E-state index >= 15 is 0 Å². The van der Waals surface area contributed by atoms with Gasteiger partial charge in [-0.05, 0) is 43.2 Å². The number of ether oxygens (including phenoxy) is 1. The van der Waals surface area contributed by atoms with Crippen LogP contribution in [0.25, 0.3) is 0 Å². The number of amides is 1. The number of aryl methyl sites for hydroxylation is 2. The molecule has 2 heterocycles. The molecule has 2 aromatic rings. The minimum atomic E-state index is 0.0117. The van der Waals surface area contributed by atoms with Crippen molar-refractivity contribution >= 4 is 27.7 Å². The summed E-state index contributed by atoms with van der Waals surface area (Å²) < 4.78 is 6.25. The van der Waals surface area contributed by atoms with E-state index in [1.807, 2.05) is 36.2 Å². The van der Waals surface area contributed by atoms with E-state index in [4.69, 9.17) is 4.74 Å². The molecule has 1 aromatic heterocycles. The third-order valence-electron chi connectivity index (χ3n) is 4.45. The average Bonchev–Trinajstić information content (AvgIpc) is 2.61. The van der Waals surface area contributed by atoms with Gasteiger partial charge in [-0.2, -0.15) is 0 Å². The highest BCUT2D eigenvalue weighted by Crippen LogP contribution is 2.26. The first-order valence-electron chi connectivity index (χ1n) is 8.30. The number of halogens is 1. The summed E-state index contributed by atoms with van der Waals surface area (Å²) in [6.07, 6.45) is 1.90. The van der Waals surface area contributed by atoms with Crippen LogP contribution in [0.4, 0.5) is 5.82 Å². The third kappa shape index (κ3) is 3.79. The Balaban J connectivity index is 1.71. The topological polar surface area (TPSA) is 45.7 Å². The molecule has 1 aliphatic rings. The van der Waals surface area contributed by atoms with Crippen LogP contribution in [-0.4, -0.2) is 49.1 Å². The molecule has 1 fully saturated rings. The molecule has 0 spiro atoms. The van der Waals surface area contributed by atoms with Gasteiger partial charge in [0, 0.05) is 36.8 Å². The Bertz CT molecular complexity index is 786. The lowest BCUT2D eigenvalue weighted by Gasteiger charge is -2.36. The van der Waals surface area contributed by atoms with E-state index in [0.29, 0.717) is 24.4 Å². The Hall–Kier alpha value is -2.08. The highest BCUT2D eigenvalue weighted by Gasteiger charge is 2.25. The van der Waals surface area contributed by atoms with E-state index < -0.39 is 0 Å². The molecule has 1 saturated heterocycles. The standard InChI is InChI=1S/C19H22BrN3O2/c1-13-10-14(2)18(21-12-13)22-6-8-23(9-7-22)19(24)16-5-4-15(20)11-17(16)25-3/h4-5,10-12H,6-9H2,1-3H3. The van der Waals surface area contributed by atoms with Gasteiger partial charge in [0.1, 0.15) is 11.6 Å². The highest BCUT2D eigenvalue weighted by molar-refractivity contribution is 9.10. The van der Waals surface area contributed by atoms with Crippen LogP contribution in [0.15, 0.2) is 34.9 Å². The van der Waals surface area contributed by atoms with Crippen LogP contribution >= 0.6 is 15.9 Å². The first kappa shape index (κ1) is 17.7. The summed E-state index contributed by atoms with van der Waals surface area (Å²) in [5.41, 5.74) is 2.94. The summed E-state index contributed by atoms with van der Waals surface area (Å²) in [6, 6.07) is 7.64. The predicted molar refractivity (Wildman–Crippen MR) is 103 cm³/mol. The molecule has 25 heavy (non-hydrogen) atoms. The number of rotatable bonds is 3. The molecular weight excluding hydrogens is 382 g/mol. The van der Waals surface area contributed by atoms with E-state index in [1.165, 1.54) is 5.56 Å². The van der Waals surface area contributed by atoms with Crippen LogP contribution < -0.4 is 9.64 Å². The third-order valence-corrected chi connectivity index (χ3v) is 4.94. The molecule has 0 radical (unpaired) electrons. The molecule has 1 aliphatic heterocycles. The number of carbonyl (C=O) groups is 1. The minimum Gasteiger partial charge on any atom is -0.496 e. The summed E-state index contributed by atoms with van der Waals surface area (Å²) in [5.74, 6) is 1.62. The Kier molecular flexibility index (Phi) is 5.27. The predicted octanol–water partition coefficient (Wildman–Crippen LogP) is 3.43. The summed E-state index contributed by atoms with van der Waals surface area (Å²) >= 11 is 3.41. The van der Waals surface area contributed by atoms with Crippen LogP contribution in [0.5, 0.6) is 5.75 Å². The lowest BCUT2D eigenvalue weighted by atomic mass is 10.1. The zero-order valence-electron chi connectivity index (χ0n) is 14.8. The summed E-state index contributed by atoms with van der Waals surface area (Å²) in [5, 5.41) is 0. The van der Waals surface area contributed by atoms with E-state index in [2.05, 4.69) is 38.8 Å². The lowest BCUT2D eigenvalue weighted by Crippen LogP contribution is -2.49. The first-order chi connectivity index (χ1) is 12.0. The number of aromatic nitrogens is 1. The maximum atomic E-state index is 12.8. The Morgan fingerprint density at radius 3 is 2.52 bits per heavy atom. The molecule has 3 rings (SSSR count). The fourth-order valence-electron chi connectivity index (χ4n) is 3.17. The molecule has 6 heteroatoms. The van der Waals surface area contributed by atoms with E-state index in [9.17, 15) is 4.79 Å². The molecule has 0 aliphatic carbocycles. The molecule has 0 atom stereocenters. The average molecular weight is 404 g/mol. The van der Waals surface area contributed by atoms with Crippen molar-refractivity contribution in [1.82, 2.24) is 9.88 Å². The number of pyridine rings is 1. The van der Waals surface area contributed by atoms with Gasteiger partial charge in [-0.3, -0.25) is 4.79 Å². The van der Waals surface area contributed by atoms with Crippen LogP contribution in [0.3, 0.4) is 0 Å². The molecule has 1 amide bonds. The molecular formula is C19H22BrN3O2. The summed E-state index contributed by atoms with van der Waals surface area (Å²) in [6.45, 7) is 7.04. The zero-order chi connectivity index (χ0) is 18.0. The SMILES string of the molecule is COc1cc(Br)ccc1C(=O)N1CCN(c2ncc(C)cc2C)CC1. The van der Waals surface area contributed by atoms with Gasteiger partial charge in [-0.25, -0.2) is 4.98 Å². The van der Waals surface area contributed by atoms with Crippen molar-refractivity contribution in [3.05, 3.63) is 51.6 Å². The van der Waals surface area contributed by atoms with Gasteiger partial charge in [-0.1, -0.05) is 22.0 Å². The van der Waals surface area contributed by atoms with Gasteiger partial charge in [0.25, 0.3) is 5.91 Å². The quantitative estimate of drug-likeness (QED) is 0.787. The maximum Gasteiger partial charge on any atom is 0.257 e. The molecule has 1 aromatic carbocycles. The highest BCUT2D eigenvalue weighted by atomic mass is 79.9. The second kappa shape index (κ2) is 7.44. The number of anilines is 1. The van der Waals surface area contributed by atoms with E-state index in [1.54, 1.807) is 7.11 Å². The van der Waals surface area contributed by atoms with Crippen LogP contribution in [-0.2, 0) is 0 Å². The zero-order valence-corrected chi connectivity index (χ0v) is 16.3. The lowest BCUT2D eigenvalue weighted by molar-refractivity contribution is 0.0743. The molecule has 5 nitrogen and oxygen atoms in total. The van der Waals surface area contributed by atoms with Crippen molar-refractivity contribution < 1.29 is 9.53 Å². The second-order valence-electron chi connectivity index (χ2n) is 6.28. The number of carbonyl (C=O) groups excluding carboxylic acids is 1. The molecule has 0 unspecified atom stereocenters. The Labute approximate surface area is 156 Å². The number of benzene rings is 1. The van der Waals surface area contributed by atoms with Gasteiger partial charge in [0.15, 0.2) is 0 Å². The van der Waals surface area contributed by atoms with Crippen LogP contribution in [0.1, 0.15) is 21.5 Å². The Morgan fingerprint density at radius 2 is 1.88 bits per heavy atom. The molecule has 132 valence electrons. The largest absolute Gasteiger partial charge is 0.496 e. The first-order valence-corrected chi connectivity index (χ1v) is 9.10. The van der Waals surface area contributed by atoms with Gasteiger partial charge in [-0.15, -0.1) is 0 Å². The van der Waals surface area contributed by atoms with Crippen molar-refractivity contribution in [3.63, 3.8) is 0 Å². The van der Waals surface area contributed by atoms with E-state index in [-0.39, 0.29) is 5.91 Å². The summed E-state index contributed by atoms with van der Waals surface area (Å²) in [7, 11) is 1.59. The fourth-order valence-corrected chi connectivity index (χ4v) is 3.51. The van der Waals surface area contributed by atoms with Crippen molar-refractivity contribution in [2.75, 3.05) is 38.2 Å². The maximum absolute atomic E-state index is 12.8. The van der Waals surface area contributed by atoms with Crippen LogP contribution in [0, 0.1) is 13.8 Å². The van der Waals surface area contributed by atoms with Crippen molar-refractivity contribution in [3.8, 4) is 5.75 Å². The fraction of sp³-hybridized carbons (Fsp3) is 0.368. The number of hydrogen-bond donors (Lipinski definition) is 0. The normalized spacial score (nSPS) is 14.6. The Morgan fingerprint density at radius 1 is 1.16 bits per heavy atom. The van der Waals surface area contributed by atoms with Gasteiger partial charge in [0.2, 0.25) is 0 Å². The van der Waals surface area contributed by atoms with Gasteiger partial charge < -0.3 is 14.5 Å². The number of methoxy groups -OCH3 is 1. The number of piperazine rings is 1. The molecule has 0 saturated carbocycles. The molecule has 0 bridgehead atoms. The van der Waals surface area contributed by atoms with E-state index in [0.717, 1.165) is 28.9 Å². The van der Waals surface area contributed by atoms with Crippen molar-refractivity contribution in [2.24, 2.45) is 0 Å². The smallest absolute Gasteiger partial charge is 0.257 e. The van der Waals surface area contributed by atoms with Crippen molar-refractivity contribution in [2.45, 2.75) is 13.8 Å². The monoisotopic (exact) mass is 403 g/mol.